The van der Waals surface area contributed by atoms with Crippen LogP contribution in [-0.2, 0) is 13.6 Å². The second kappa shape index (κ2) is 7.86. The minimum atomic E-state index is -2.65. The number of carbonyl (C=O) groups excluding carboxylic acids is 2. The number of carbonyl (C=O) groups is 2. The molecule has 0 aliphatic rings. The van der Waals surface area contributed by atoms with Crippen molar-refractivity contribution in [3.63, 3.8) is 0 Å². The smallest absolute Gasteiger partial charge is 0.453 e. The van der Waals surface area contributed by atoms with Crippen LogP contribution in [0.5, 0.6) is 0 Å². The monoisotopic (exact) mass is 397 g/mol. The molecule has 0 saturated heterocycles. The summed E-state index contributed by atoms with van der Waals surface area (Å²) in [6, 6.07) is 17.5. The van der Waals surface area contributed by atoms with Crippen molar-refractivity contribution in [1.82, 2.24) is 0 Å². The first-order valence-electron chi connectivity index (χ1n) is 8.37. The maximum absolute atomic E-state index is 12.1. The summed E-state index contributed by atoms with van der Waals surface area (Å²) in [6.07, 6.45) is 0. The van der Waals surface area contributed by atoms with Crippen LogP contribution in [0.3, 0.4) is 0 Å². The summed E-state index contributed by atoms with van der Waals surface area (Å²) >= 11 is 0. The molecule has 0 fully saturated rings. The summed E-state index contributed by atoms with van der Waals surface area (Å²) in [5.41, 5.74) is 1.14. The predicted molar refractivity (Wildman–Crippen MR) is 101 cm³/mol. The zero-order valence-corrected chi connectivity index (χ0v) is 15.4. The third-order valence-electron chi connectivity index (χ3n) is 4.00. The molecule has 0 N–H and O–H groups in total. The van der Waals surface area contributed by atoms with Crippen molar-refractivity contribution in [2.24, 2.45) is 0 Å². The lowest BCUT2D eigenvalue weighted by Crippen LogP contribution is -2.08. The molecule has 8 heteroatoms. The van der Waals surface area contributed by atoms with Gasteiger partial charge in [-0.25, -0.2) is 0 Å². The van der Waals surface area contributed by atoms with Crippen LogP contribution in [0.1, 0.15) is 21.1 Å². The van der Waals surface area contributed by atoms with Gasteiger partial charge in [0.05, 0.1) is 0 Å². The average Bonchev–Trinajstić information content (AvgIpc) is 3.34. The summed E-state index contributed by atoms with van der Waals surface area (Å²) in [6.45, 7) is -0.984. The summed E-state index contributed by atoms with van der Waals surface area (Å²) in [5.74, 6) is -0.760. The molecule has 2 aromatic heterocycles. The Morgan fingerprint density at radius 1 is 0.750 bits per heavy atom. The fourth-order valence-electron chi connectivity index (χ4n) is 2.64. The second-order valence-corrected chi connectivity index (χ2v) is 6.88. The Bertz CT molecular complexity index is 1030. The first-order chi connectivity index (χ1) is 13.6. The van der Waals surface area contributed by atoms with E-state index in [1.807, 2.05) is 24.3 Å². The molecule has 28 heavy (non-hydrogen) atoms. The van der Waals surface area contributed by atoms with Gasteiger partial charge in [-0.15, -0.1) is 9.05 Å². The van der Waals surface area contributed by atoms with E-state index < -0.39 is 33.0 Å². The van der Waals surface area contributed by atoms with Crippen LogP contribution in [0.4, 0.5) is 0 Å². The van der Waals surface area contributed by atoms with Gasteiger partial charge < -0.3 is 8.83 Å². The van der Waals surface area contributed by atoms with Crippen LogP contribution in [0.25, 0.3) is 21.9 Å². The van der Waals surface area contributed by atoms with Gasteiger partial charge in [-0.3, -0.25) is 9.59 Å². The van der Waals surface area contributed by atoms with Gasteiger partial charge in [0.25, 0.3) is 0 Å². The maximum Gasteiger partial charge on any atom is 0.698 e. The van der Waals surface area contributed by atoms with Gasteiger partial charge in [0.2, 0.25) is 11.6 Å². The summed E-state index contributed by atoms with van der Waals surface area (Å²) in [4.78, 5) is 24.2. The molecular weight excluding hydrogens is 383 g/mol. The van der Waals surface area contributed by atoms with Crippen molar-refractivity contribution in [1.29, 1.82) is 0 Å². The normalized spacial score (nSPS) is 11.1. The zero-order chi connectivity index (χ0) is 19.5. The van der Waals surface area contributed by atoms with E-state index in [-0.39, 0.29) is 11.5 Å². The molecule has 0 amide bonds. The quantitative estimate of drug-likeness (QED) is 0.307. The standard InChI is InChI=1S/C20H14O7P/c21-15(19-9-13-5-1-3-7-17(13)26-19)11-24-28(23)25-12-16(22)20-10-14-6-2-4-8-18(14)27-20/h1-10H,11-12H2/q+1. The van der Waals surface area contributed by atoms with Crippen LogP contribution in [0.2, 0.25) is 0 Å². The largest absolute Gasteiger partial charge is 0.698 e. The number of ketones is 2. The number of hydrogen-bond acceptors (Lipinski definition) is 7. The first-order valence-corrected chi connectivity index (χ1v) is 9.46. The predicted octanol–water partition coefficient (Wildman–Crippen LogP) is 4.94. The minimum absolute atomic E-state index is 0.1000. The van der Waals surface area contributed by atoms with E-state index in [2.05, 4.69) is 0 Å². The van der Waals surface area contributed by atoms with Gasteiger partial charge >= 0.3 is 8.25 Å². The summed E-state index contributed by atoms with van der Waals surface area (Å²) in [5, 5.41) is 1.56. The maximum atomic E-state index is 12.1. The third-order valence-corrected chi connectivity index (χ3v) is 4.68. The zero-order valence-electron chi connectivity index (χ0n) is 14.5. The van der Waals surface area contributed by atoms with Gasteiger partial charge in [0, 0.05) is 15.3 Å². The number of para-hydroxylation sites is 2. The lowest BCUT2D eigenvalue weighted by molar-refractivity contribution is 0.0851. The van der Waals surface area contributed by atoms with Gasteiger partial charge in [0.1, 0.15) is 11.2 Å². The van der Waals surface area contributed by atoms with E-state index >= 15 is 0 Å². The highest BCUT2D eigenvalue weighted by atomic mass is 31.1. The van der Waals surface area contributed by atoms with Gasteiger partial charge in [0.15, 0.2) is 24.7 Å². The molecular formula is C20H14O7P+. The molecule has 140 valence electrons. The molecule has 4 aromatic rings. The number of hydrogen-bond donors (Lipinski definition) is 0. The molecule has 2 aromatic carbocycles. The van der Waals surface area contributed by atoms with E-state index in [0.717, 1.165) is 10.8 Å². The highest BCUT2D eigenvalue weighted by Gasteiger charge is 2.27. The molecule has 0 spiro atoms. The van der Waals surface area contributed by atoms with Crippen LogP contribution in [0, 0.1) is 0 Å². The Balaban J connectivity index is 1.29. The lowest BCUT2D eigenvalue weighted by atomic mass is 10.2. The van der Waals surface area contributed by atoms with Crippen molar-refractivity contribution < 1.29 is 32.0 Å². The molecule has 0 atom stereocenters. The van der Waals surface area contributed by atoms with Crippen molar-refractivity contribution in [3.05, 3.63) is 72.2 Å². The van der Waals surface area contributed by atoms with Crippen molar-refractivity contribution >= 4 is 41.8 Å². The van der Waals surface area contributed by atoms with E-state index in [1.54, 1.807) is 36.4 Å². The van der Waals surface area contributed by atoms with Crippen molar-refractivity contribution in [2.45, 2.75) is 0 Å². The number of rotatable bonds is 8. The fourth-order valence-corrected chi connectivity index (χ4v) is 3.16. The van der Waals surface area contributed by atoms with E-state index in [1.165, 1.54) is 0 Å². The van der Waals surface area contributed by atoms with Crippen molar-refractivity contribution in [2.75, 3.05) is 13.2 Å². The highest BCUT2D eigenvalue weighted by molar-refractivity contribution is 7.33. The molecule has 4 rings (SSSR count). The lowest BCUT2D eigenvalue weighted by Gasteiger charge is -1.92. The van der Waals surface area contributed by atoms with Gasteiger partial charge in [-0.1, -0.05) is 36.4 Å². The molecule has 0 aliphatic heterocycles. The summed E-state index contributed by atoms with van der Waals surface area (Å²) < 4.78 is 32.4. The molecule has 0 aliphatic carbocycles. The van der Waals surface area contributed by atoms with E-state index in [9.17, 15) is 14.2 Å². The fraction of sp³-hybridized carbons (Fsp3) is 0.100. The van der Waals surface area contributed by atoms with E-state index in [0.29, 0.717) is 11.2 Å². The number of furan rings is 2. The minimum Gasteiger partial charge on any atom is -0.453 e. The van der Waals surface area contributed by atoms with Crippen LogP contribution in [-0.4, -0.2) is 24.8 Å². The van der Waals surface area contributed by atoms with Crippen molar-refractivity contribution in [3.8, 4) is 0 Å². The Morgan fingerprint density at radius 3 is 1.61 bits per heavy atom. The number of benzene rings is 2. The summed E-state index contributed by atoms with van der Waals surface area (Å²) in [7, 11) is -2.65. The second-order valence-electron chi connectivity index (χ2n) is 5.91. The molecule has 0 unspecified atom stereocenters. The Labute approximate surface area is 159 Å². The Hall–Kier alpha value is -3.12. The molecule has 0 radical (unpaired) electrons. The topological polar surface area (TPSA) is 96.0 Å². The molecule has 2 heterocycles. The SMILES string of the molecule is O=C(CO[P+](=O)OCC(=O)c1cc2ccccc2o1)c1cc2ccccc2o1. The molecule has 0 bridgehead atoms. The Kier molecular flexibility index (Phi) is 5.12. The van der Waals surface area contributed by atoms with E-state index in [4.69, 9.17) is 17.9 Å². The van der Waals surface area contributed by atoms with Gasteiger partial charge in [-0.05, 0) is 24.3 Å². The Morgan fingerprint density at radius 2 is 1.18 bits per heavy atom. The van der Waals surface area contributed by atoms with Crippen LogP contribution < -0.4 is 0 Å². The van der Waals surface area contributed by atoms with Crippen LogP contribution in [0.15, 0.2) is 69.5 Å². The van der Waals surface area contributed by atoms with Crippen LogP contribution >= 0.6 is 8.25 Å². The molecule has 0 saturated carbocycles. The highest BCUT2D eigenvalue weighted by Crippen LogP contribution is 2.26. The third kappa shape index (κ3) is 3.92. The number of Topliss-reactive ketones (excluding diaryl/α,β-unsaturated/α-hetero) is 2. The first kappa shape index (κ1) is 18.3. The average molecular weight is 397 g/mol. The number of fused-ring (bicyclic) bond motifs is 2. The molecule has 7 nitrogen and oxygen atoms in total. The van der Waals surface area contributed by atoms with Gasteiger partial charge in [-0.2, -0.15) is 0 Å².